The smallest absolute Gasteiger partial charge is 0.252 e. The minimum Gasteiger partial charge on any atom is -0.369 e. The number of ether oxygens (including phenoxy) is 1. The van der Waals surface area contributed by atoms with Crippen molar-refractivity contribution in [1.82, 2.24) is 15.5 Å². The highest BCUT2D eigenvalue weighted by Crippen LogP contribution is 2.20. The van der Waals surface area contributed by atoms with E-state index in [0.29, 0.717) is 0 Å². The van der Waals surface area contributed by atoms with Gasteiger partial charge in [-0.1, -0.05) is 0 Å². The molecule has 0 bridgehead atoms. The first-order valence-corrected chi connectivity index (χ1v) is 5.67. The van der Waals surface area contributed by atoms with Gasteiger partial charge in [0.05, 0.1) is 11.7 Å². The number of amides is 1. The zero-order valence-electron chi connectivity index (χ0n) is 11.3. The first kappa shape index (κ1) is 13.7. The fourth-order valence-corrected chi connectivity index (χ4v) is 1.73. The van der Waals surface area contributed by atoms with Gasteiger partial charge in [0.1, 0.15) is 5.60 Å². The van der Waals surface area contributed by atoms with Crippen LogP contribution in [0.1, 0.15) is 43.8 Å². The summed E-state index contributed by atoms with van der Waals surface area (Å²) < 4.78 is 5.14. The van der Waals surface area contributed by atoms with Crippen LogP contribution in [0.5, 0.6) is 0 Å². The number of aromatic amines is 1. The molecule has 0 spiro atoms. The summed E-state index contributed by atoms with van der Waals surface area (Å²) in [5.41, 5.74) is 2.10. The summed E-state index contributed by atoms with van der Waals surface area (Å²) in [5.74, 6) is -0.132. The fraction of sp³-hybridized carbons (Fsp3) is 0.667. The van der Waals surface area contributed by atoms with Gasteiger partial charge in [-0.15, -0.1) is 0 Å². The molecule has 0 aromatic carbocycles. The van der Waals surface area contributed by atoms with Crippen LogP contribution in [-0.2, 0) is 9.53 Å². The summed E-state index contributed by atoms with van der Waals surface area (Å²) >= 11 is 0. The number of nitrogens with zero attached hydrogens (tertiary/aromatic N) is 1. The normalized spacial score (nSPS) is 13.5. The Hall–Kier alpha value is -1.36. The number of nitrogens with one attached hydrogen (secondary N) is 2. The summed E-state index contributed by atoms with van der Waals surface area (Å²) in [7, 11) is 1.53. The molecule has 0 aliphatic carbocycles. The van der Waals surface area contributed by atoms with E-state index in [9.17, 15) is 4.79 Å². The number of carbonyl (C=O) groups is 1. The molecule has 5 heteroatoms. The maximum Gasteiger partial charge on any atom is 0.252 e. The van der Waals surface area contributed by atoms with Gasteiger partial charge in [-0.3, -0.25) is 9.89 Å². The predicted octanol–water partition coefficient (Wildman–Crippen LogP) is 1.63. The average molecular weight is 239 g/mol. The van der Waals surface area contributed by atoms with Crippen molar-refractivity contribution in [2.75, 3.05) is 7.11 Å². The molecule has 0 unspecified atom stereocenters. The first-order valence-electron chi connectivity index (χ1n) is 5.67. The summed E-state index contributed by atoms with van der Waals surface area (Å²) in [4.78, 5) is 12.0. The van der Waals surface area contributed by atoms with Gasteiger partial charge in [0, 0.05) is 18.4 Å². The third-order valence-electron chi connectivity index (χ3n) is 3.02. The van der Waals surface area contributed by atoms with Gasteiger partial charge in [-0.25, -0.2) is 0 Å². The van der Waals surface area contributed by atoms with Gasteiger partial charge in [0.15, 0.2) is 0 Å². The van der Waals surface area contributed by atoms with Gasteiger partial charge < -0.3 is 10.1 Å². The zero-order valence-corrected chi connectivity index (χ0v) is 11.3. The van der Waals surface area contributed by atoms with E-state index in [0.717, 1.165) is 17.0 Å². The average Bonchev–Trinajstić information content (AvgIpc) is 2.58. The minimum absolute atomic E-state index is 0.0873. The van der Waals surface area contributed by atoms with E-state index >= 15 is 0 Å². The molecular formula is C12H21N3O2. The molecule has 0 fully saturated rings. The number of aromatic nitrogens is 2. The standard InChI is InChI=1S/C12H21N3O2/c1-7(10-8(2)14-15-9(10)3)13-11(16)12(4,5)17-6/h7H,1-6H3,(H,13,16)(H,14,15)/t7-/m0/s1. The van der Waals surface area contributed by atoms with E-state index in [-0.39, 0.29) is 11.9 Å². The highest BCUT2D eigenvalue weighted by Gasteiger charge is 2.29. The lowest BCUT2D eigenvalue weighted by molar-refractivity contribution is -0.140. The Labute approximate surface area is 102 Å². The Balaban J connectivity index is 2.80. The molecule has 0 saturated carbocycles. The highest BCUT2D eigenvalue weighted by molar-refractivity contribution is 5.84. The van der Waals surface area contributed by atoms with Gasteiger partial charge in [0.25, 0.3) is 5.91 Å². The van der Waals surface area contributed by atoms with Crippen LogP contribution in [0.25, 0.3) is 0 Å². The minimum atomic E-state index is -0.820. The Kier molecular flexibility index (Phi) is 3.93. The van der Waals surface area contributed by atoms with Crippen molar-refractivity contribution in [3.8, 4) is 0 Å². The van der Waals surface area contributed by atoms with Crippen molar-refractivity contribution in [2.45, 2.75) is 46.3 Å². The largest absolute Gasteiger partial charge is 0.369 e. The van der Waals surface area contributed by atoms with Crippen molar-refractivity contribution in [2.24, 2.45) is 0 Å². The molecular weight excluding hydrogens is 218 g/mol. The van der Waals surface area contributed by atoms with Gasteiger partial charge >= 0.3 is 0 Å². The van der Waals surface area contributed by atoms with E-state index < -0.39 is 5.60 Å². The molecule has 1 atom stereocenters. The fourth-order valence-electron chi connectivity index (χ4n) is 1.73. The maximum absolute atomic E-state index is 12.0. The monoisotopic (exact) mass is 239 g/mol. The lowest BCUT2D eigenvalue weighted by Crippen LogP contribution is -2.44. The van der Waals surface area contributed by atoms with Crippen molar-refractivity contribution < 1.29 is 9.53 Å². The molecule has 5 nitrogen and oxygen atoms in total. The van der Waals surface area contributed by atoms with Gasteiger partial charge in [-0.2, -0.15) is 5.10 Å². The summed E-state index contributed by atoms with van der Waals surface area (Å²) in [6, 6.07) is -0.0873. The quantitative estimate of drug-likeness (QED) is 0.839. The lowest BCUT2D eigenvalue weighted by Gasteiger charge is -2.24. The van der Waals surface area contributed by atoms with Crippen molar-refractivity contribution >= 4 is 5.91 Å². The molecule has 0 saturated heterocycles. The second kappa shape index (κ2) is 4.87. The Morgan fingerprint density at radius 3 is 2.47 bits per heavy atom. The van der Waals surface area contributed by atoms with Crippen LogP contribution in [0.4, 0.5) is 0 Å². The summed E-state index contributed by atoms with van der Waals surface area (Å²) in [6.07, 6.45) is 0. The molecule has 1 aromatic heterocycles. The number of carbonyl (C=O) groups excluding carboxylic acids is 1. The molecule has 96 valence electrons. The maximum atomic E-state index is 12.0. The molecule has 0 aliphatic heterocycles. The Bertz CT molecular complexity index is 390. The second-order valence-corrected chi connectivity index (χ2v) is 4.76. The third kappa shape index (κ3) is 2.85. The number of aryl methyl sites for hydroxylation is 2. The van der Waals surface area contributed by atoms with Crippen LogP contribution in [0.2, 0.25) is 0 Å². The number of rotatable bonds is 4. The number of methoxy groups -OCH3 is 1. The molecule has 0 aliphatic rings. The SMILES string of the molecule is COC(C)(C)C(=O)N[C@@H](C)c1c(C)n[nH]c1C. The number of H-pyrrole nitrogens is 1. The van der Waals surface area contributed by atoms with Crippen LogP contribution >= 0.6 is 0 Å². The summed E-state index contributed by atoms with van der Waals surface area (Å²) in [5, 5.41) is 9.96. The van der Waals surface area contributed by atoms with E-state index in [1.165, 1.54) is 7.11 Å². The van der Waals surface area contributed by atoms with Crippen molar-refractivity contribution in [3.05, 3.63) is 17.0 Å². The predicted molar refractivity (Wildman–Crippen MR) is 65.7 cm³/mol. The van der Waals surface area contributed by atoms with Crippen molar-refractivity contribution in [1.29, 1.82) is 0 Å². The topological polar surface area (TPSA) is 67.0 Å². The van der Waals surface area contributed by atoms with E-state index in [4.69, 9.17) is 4.74 Å². The molecule has 1 aromatic rings. The third-order valence-corrected chi connectivity index (χ3v) is 3.02. The van der Waals surface area contributed by atoms with Gasteiger partial charge in [-0.05, 0) is 34.6 Å². The van der Waals surface area contributed by atoms with Crippen LogP contribution in [0, 0.1) is 13.8 Å². The van der Waals surface area contributed by atoms with E-state index in [1.807, 2.05) is 20.8 Å². The molecule has 1 amide bonds. The number of hydrogen-bond donors (Lipinski definition) is 2. The van der Waals surface area contributed by atoms with Gasteiger partial charge in [0.2, 0.25) is 0 Å². The van der Waals surface area contributed by atoms with E-state index in [2.05, 4.69) is 15.5 Å². The molecule has 2 N–H and O–H groups in total. The van der Waals surface area contributed by atoms with Crippen LogP contribution in [0.3, 0.4) is 0 Å². The second-order valence-electron chi connectivity index (χ2n) is 4.76. The van der Waals surface area contributed by atoms with Crippen LogP contribution in [-0.4, -0.2) is 28.8 Å². The Morgan fingerprint density at radius 2 is 2.06 bits per heavy atom. The molecule has 0 radical (unpaired) electrons. The number of hydrogen-bond acceptors (Lipinski definition) is 3. The van der Waals surface area contributed by atoms with E-state index in [1.54, 1.807) is 13.8 Å². The lowest BCUT2D eigenvalue weighted by atomic mass is 10.0. The summed E-state index contributed by atoms with van der Waals surface area (Å²) in [6.45, 7) is 9.28. The van der Waals surface area contributed by atoms with Crippen LogP contribution < -0.4 is 5.32 Å². The highest BCUT2D eigenvalue weighted by atomic mass is 16.5. The molecule has 17 heavy (non-hydrogen) atoms. The molecule has 1 heterocycles. The zero-order chi connectivity index (χ0) is 13.2. The first-order chi connectivity index (χ1) is 7.79. The Morgan fingerprint density at radius 1 is 1.47 bits per heavy atom. The van der Waals surface area contributed by atoms with Crippen LogP contribution in [0.15, 0.2) is 0 Å². The van der Waals surface area contributed by atoms with Crippen molar-refractivity contribution in [3.63, 3.8) is 0 Å². The molecule has 1 rings (SSSR count).